The van der Waals surface area contributed by atoms with Gasteiger partial charge in [0.1, 0.15) is 5.82 Å². The van der Waals surface area contributed by atoms with Crippen molar-refractivity contribution in [1.29, 1.82) is 0 Å². The summed E-state index contributed by atoms with van der Waals surface area (Å²) in [7, 11) is 0. The molecule has 3 aromatic rings. The van der Waals surface area contributed by atoms with Crippen LogP contribution in [0.2, 0.25) is 0 Å². The van der Waals surface area contributed by atoms with Crippen molar-refractivity contribution in [2.45, 2.75) is 19.9 Å². The molecule has 102 valence electrons. The first-order chi connectivity index (χ1) is 9.65. The SMILES string of the molecule is Cc1ccc(C(C)Nc2cncc3nnnn23)cc1F. The predicted octanol–water partition coefficient (Wildman–Crippen LogP) is 2.14. The third-order valence-corrected chi connectivity index (χ3v) is 3.17. The van der Waals surface area contributed by atoms with E-state index >= 15 is 0 Å². The zero-order valence-electron chi connectivity index (χ0n) is 11.1. The topological polar surface area (TPSA) is 68.0 Å². The molecule has 1 unspecified atom stereocenters. The van der Waals surface area contributed by atoms with Gasteiger partial charge in [-0.2, -0.15) is 4.52 Å². The van der Waals surface area contributed by atoms with E-state index in [1.54, 1.807) is 29.9 Å². The van der Waals surface area contributed by atoms with Crippen molar-refractivity contribution in [1.82, 2.24) is 25.0 Å². The van der Waals surface area contributed by atoms with Gasteiger partial charge >= 0.3 is 0 Å². The molecule has 0 fully saturated rings. The van der Waals surface area contributed by atoms with E-state index in [1.165, 1.54) is 6.07 Å². The van der Waals surface area contributed by atoms with E-state index in [-0.39, 0.29) is 11.9 Å². The Labute approximate surface area is 114 Å². The lowest BCUT2D eigenvalue weighted by molar-refractivity contribution is 0.614. The summed E-state index contributed by atoms with van der Waals surface area (Å²) >= 11 is 0. The predicted molar refractivity (Wildman–Crippen MR) is 71.8 cm³/mol. The fraction of sp³-hybridized carbons (Fsp3) is 0.231. The van der Waals surface area contributed by atoms with Crippen LogP contribution >= 0.6 is 0 Å². The van der Waals surface area contributed by atoms with Crippen LogP contribution in [0, 0.1) is 12.7 Å². The van der Waals surface area contributed by atoms with Crippen molar-refractivity contribution in [2.24, 2.45) is 0 Å². The molecule has 0 saturated heterocycles. The zero-order chi connectivity index (χ0) is 14.1. The maximum Gasteiger partial charge on any atom is 0.199 e. The number of nitrogens with one attached hydrogen (secondary N) is 1. The van der Waals surface area contributed by atoms with Gasteiger partial charge in [-0.25, -0.2) is 4.39 Å². The van der Waals surface area contributed by atoms with Crippen LogP contribution in [0.25, 0.3) is 5.65 Å². The summed E-state index contributed by atoms with van der Waals surface area (Å²) in [6, 6.07) is 5.09. The summed E-state index contributed by atoms with van der Waals surface area (Å²) < 4.78 is 15.2. The minimum absolute atomic E-state index is 0.0956. The molecule has 0 spiro atoms. The Morgan fingerprint density at radius 2 is 2.15 bits per heavy atom. The van der Waals surface area contributed by atoms with Crippen LogP contribution in [0.4, 0.5) is 10.2 Å². The minimum atomic E-state index is -0.213. The van der Waals surface area contributed by atoms with E-state index < -0.39 is 0 Å². The number of nitrogens with zero attached hydrogens (tertiary/aromatic N) is 5. The van der Waals surface area contributed by atoms with Gasteiger partial charge in [-0.3, -0.25) is 4.98 Å². The second-order valence-corrected chi connectivity index (χ2v) is 4.62. The number of hydrogen-bond donors (Lipinski definition) is 1. The Morgan fingerprint density at radius 1 is 1.30 bits per heavy atom. The Balaban J connectivity index is 1.90. The molecule has 0 saturated carbocycles. The van der Waals surface area contributed by atoms with Gasteiger partial charge in [0.2, 0.25) is 0 Å². The van der Waals surface area contributed by atoms with Gasteiger partial charge in [-0.15, -0.1) is 5.10 Å². The number of rotatable bonds is 3. The molecule has 2 heterocycles. The highest BCUT2D eigenvalue weighted by Crippen LogP contribution is 2.20. The second-order valence-electron chi connectivity index (χ2n) is 4.62. The van der Waals surface area contributed by atoms with Crippen LogP contribution in [0.5, 0.6) is 0 Å². The number of halogens is 1. The number of benzene rings is 1. The highest BCUT2D eigenvalue weighted by molar-refractivity contribution is 5.45. The van der Waals surface area contributed by atoms with Crippen LogP contribution in [0.1, 0.15) is 24.1 Å². The molecule has 6 nitrogen and oxygen atoms in total. The lowest BCUT2D eigenvalue weighted by Gasteiger charge is -2.16. The summed E-state index contributed by atoms with van der Waals surface area (Å²) in [6.45, 7) is 3.68. The summed E-state index contributed by atoms with van der Waals surface area (Å²) in [5, 5.41) is 14.5. The fourth-order valence-electron chi connectivity index (χ4n) is 1.96. The Hall–Kier alpha value is -2.57. The Kier molecular flexibility index (Phi) is 3.02. The Bertz CT molecular complexity index is 753. The molecule has 1 aromatic carbocycles. The van der Waals surface area contributed by atoms with Crippen molar-refractivity contribution >= 4 is 11.5 Å². The molecule has 7 heteroatoms. The first-order valence-electron chi connectivity index (χ1n) is 6.20. The third kappa shape index (κ3) is 2.18. The van der Waals surface area contributed by atoms with E-state index in [4.69, 9.17) is 0 Å². The number of hydrogen-bond acceptors (Lipinski definition) is 5. The van der Waals surface area contributed by atoms with E-state index in [2.05, 4.69) is 25.8 Å². The molecule has 0 amide bonds. The van der Waals surface area contributed by atoms with Crippen LogP contribution in [0.3, 0.4) is 0 Å². The quantitative estimate of drug-likeness (QED) is 0.791. The van der Waals surface area contributed by atoms with Gasteiger partial charge < -0.3 is 5.32 Å². The molecule has 0 radical (unpaired) electrons. The minimum Gasteiger partial charge on any atom is -0.362 e. The summed E-state index contributed by atoms with van der Waals surface area (Å²) in [6.07, 6.45) is 3.20. The van der Waals surface area contributed by atoms with E-state index in [0.717, 1.165) is 5.56 Å². The first-order valence-corrected chi connectivity index (χ1v) is 6.20. The largest absolute Gasteiger partial charge is 0.362 e. The molecular formula is C13H13FN6. The molecule has 0 aliphatic rings. The van der Waals surface area contributed by atoms with Gasteiger partial charge in [0.15, 0.2) is 11.5 Å². The molecule has 0 aliphatic carbocycles. The van der Waals surface area contributed by atoms with Gasteiger partial charge in [-0.1, -0.05) is 12.1 Å². The van der Waals surface area contributed by atoms with Gasteiger partial charge in [0, 0.05) is 0 Å². The van der Waals surface area contributed by atoms with Crippen LogP contribution in [0.15, 0.2) is 30.6 Å². The smallest absolute Gasteiger partial charge is 0.199 e. The number of tetrazole rings is 1. The molecule has 1 N–H and O–H groups in total. The maximum atomic E-state index is 13.6. The van der Waals surface area contributed by atoms with E-state index in [0.29, 0.717) is 17.0 Å². The van der Waals surface area contributed by atoms with Crippen molar-refractivity contribution < 1.29 is 4.39 Å². The van der Waals surface area contributed by atoms with Crippen molar-refractivity contribution in [3.63, 3.8) is 0 Å². The first kappa shape index (κ1) is 12.5. The van der Waals surface area contributed by atoms with Crippen molar-refractivity contribution in [3.05, 3.63) is 47.5 Å². The average molecular weight is 272 g/mol. The van der Waals surface area contributed by atoms with Gasteiger partial charge in [-0.05, 0) is 41.5 Å². The number of aryl methyl sites for hydroxylation is 1. The van der Waals surface area contributed by atoms with Crippen LogP contribution in [-0.2, 0) is 0 Å². The summed E-state index contributed by atoms with van der Waals surface area (Å²) in [5.41, 5.74) is 2.03. The maximum absolute atomic E-state index is 13.6. The van der Waals surface area contributed by atoms with Crippen molar-refractivity contribution in [3.8, 4) is 0 Å². The van der Waals surface area contributed by atoms with E-state index in [1.807, 2.05) is 13.0 Å². The molecule has 0 bridgehead atoms. The second kappa shape index (κ2) is 4.84. The van der Waals surface area contributed by atoms with Crippen LogP contribution in [-0.4, -0.2) is 25.0 Å². The number of aromatic nitrogens is 5. The molecule has 0 aliphatic heterocycles. The Morgan fingerprint density at radius 3 is 2.95 bits per heavy atom. The third-order valence-electron chi connectivity index (χ3n) is 3.17. The van der Waals surface area contributed by atoms with Gasteiger partial charge in [0.25, 0.3) is 0 Å². The molecule has 3 rings (SSSR count). The molecular weight excluding hydrogens is 259 g/mol. The standard InChI is InChI=1S/C13H13FN6/c1-8-3-4-10(5-11(8)14)9(2)16-12-6-15-7-13-17-18-19-20(12)13/h3-7,9,16H,1-2H3. The fourth-order valence-corrected chi connectivity index (χ4v) is 1.96. The van der Waals surface area contributed by atoms with Crippen LogP contribution < -0.4 is 5.32 Å². The molecule has 1 atom stereocenters. The van der Waals surface area contributed by atoms with Gasteiger partial charge in [0.05, 0.1) is 18.4 Å². The zero-order valence-corrected chi connectivity index (χ0v) is 11.1. The van der Waals surface area contributed by atoms with E-state index in [9.17, 15) is 4.39 Å². The summed E-state index contributed by atoms with van der Waals surface area (Å²) in [4.78, 5) is 4.06. The normalized spacial score (nSPS) is 12.6. The number of anilines is 1. The lowest BCUT2D eigenvalue weighted by Crippen LogP contribution is -2.11. The molecule has 20 heavy (non-hydrogen) atoms. The summed E-state index contributed by atoms with van der Waals surface area (Å²) in [5.74, 6) is 0.441. The highest BCUT2D eigenvalue weighted by atomic mass is 19.1. The highest BCUT2D eigenvalue weighted by Gasteiger charge is 2.11. The lowest BCUT2D eigenvalue weighted by atomic mass is 10.1. The molecule has 2 aromatic heterocycles. The monoisotopic (exact) mass is 272 g/mol. The average Bonchev–Trinajstić information content (AvgIpc) is 2.91. The number of fused-ring (bicyclic) bond motifs is 1. The van der Waals surface area contributed by atoms with Crippen molar-refractivity contribution in [2.75, 3.05) is 5.32 Å².